The van der Waals surface area contributed by atoms with Crippen molar-refractivity contribution in [3.05, 3.63) is 59.4 Å². The fraction of sp³-hybridized carbons (Fsp3) is 0.409. The molecule has 0 radical (unpaired) electrons. The topological polar surface area (TPSA) is 69.7 Å². The van der Waals surface area contributed by atoms with E-state index in [1.807, 2.05) is 0 Å². The monoisotopic (exact) mass is 487 g/mol. The molecule has 2 aromatic rings. The van der Waals surface area contributed by atoms with Gasteiger partial charge in [-0.2, -0.15) is 0 Å². The van der Waals surface area contributed by atoms with Crippen molar-refractivity contribution in [2.24, 2.45) is 0 Å². The molecule has 11 heteroatoms. The molecule has 1 aliphatic rings. The number of hydrogen-bond donors (Lipinski definition) is 1. The predicted octanol–water partition coefficient (Wildman–Crippen LogP) is 3.33. The molecule has 1 saturated heterocycles. The predicted molar refractivity (Wildman–Crippen MR) is 116 cm³/mol. The van der Waals surface area contributed by atoms with Crippen molar-refractivity contribution in [3.63, 3.8) is 0 Å². The van der Waals surface area contributed by atoms with Gasteiger partial charge in [-0.25, -0.2) is 35.5 Å². The molecule has 33 heavy (non-hydrogen) atoms. The van der Waals surface area contributed by atoms with E-state index in [9.17, 15) is 26.4 Å². The Labute approximate surface area is 190 Å². The number of alkyl halides is 1. The molecule has 1 N–H and O–H groups in total. The number of likely N-dealkylation sites (tertiary alicyclic amines) is 1. The normalized spacial score (nSPS) is 20.8. The van der Waals surface area contributed by atoms with Crippen molar-refractivity contribution in [2.45, 2.75) is 31.6 Å². The van der Waals surface area contributed by atoms with E-state index in [2.05, 4.69) is 4.72 Å². The summed E-state index contributed by atoms with van der Waals surface area (Å²) in [5.41, 5.74) is -0.475. The number of rotatable bonds is 6. The van der Waals surface area contributed by atoms with Crippen LogP contribution in [0.25, 0.3) is 11.1 Å². The maximum Gasteiger partial charge on any atom is 0.319 e. The molecule has 0 bridgehead atoms. The van der Waals surface area contributed by atoms with Crippen molar-refractivity contribution in [2.75, 3.05) is 26.4 Å². The molecule has 3 atom stereocenters. The Morgan fingerprint density at radius 2 is 1.85 bits per heavy atom. The molecule has 6 nitrogen and oxygen atoms in total. The van der Waals surface area contributed by atoms with Gasteiger partial charge in [-0.05, 0) is 37.1 Å². The van der Waals surface area contributed by atoms with Crippen LogP contribution in [0.4, 0.5) is 22.4 Å². The van der Waals surface area contributed by atoms with Gasteiger partial charge in [-0.15, -0.1) is 0 Å². The summed E-state index contributed by atoms with van der Waals surface area (Å²) in [5, 5.41) is 0. The van der Waals surface area contributed by atoms with Crippen molar-refractivity contribution in [1.29, 1.82) is 0 Å². The van der Waals surface area contributed by atoms with Crippen molar-refractivity contribution in [3.8, 4) is 11.1 Å². The summed E-state index contributed by atoms with van der Waals surface area (Å²) in [6, 6.07) is 3.85. The summed E-state index contributed by atoms with van der Waals surface area (Å²) in [6.07, 6.45) is -1.96. The molecule has 3 rings (SSSR count). The maximum atomic E-state index is 15.4. The number of carbonyl (C=O) groups is 1. The smallest absolute Gasteiger partial charge is 0.319 e. The van der Waals surface area contributed by atoms with E-state index in [0.29, 0.717) is 0 Å². The van der Waals surface area contributed by atoms with Gasteiger partial charge in [-0.1, -0.05) is 18.2 Å². The molecule has 0 saturated carbocycles. The zero-order valence-electron chi connectivity index (χ0n) is 18.4. The fourth-order valence-corrected chi connectivity index (χ4v) is 4.79. The van der Waals surface area contributed by atoms with Crippen LogP contribution in [-0.2, 0) is 16.4 Å². The van der Waals surface area contributed by atoms with Gasteiger partial charge in [0.15, 0.2) is 0 Å². The molecular weight excluding hydrogens is 462 g/mol. The first-order valence-corrected chi connectivity index (χ1v) is 11.9. The van der Waals surface area contributed by atoms with Crippen LogP contribution in [0.5, 0.6) is 0 Å². The van der Waals surface area contributed by atoms with E-state index in [0.717, 1.165) is 23.1 Å². The second-order valence-electron chi connectivity index (χ2n) is 8.07. The lowest BCUT2D eigenvalue weighted by atomic mass is 9.95. The highest BCUT2D eigenvalue weighted by atomic mass is 32.2. The lowest BCUT2D eigenvalue weighted by Gasteiger charge is -2.30. The highest BCUT2D eigenvalue weighted by Crippen LogP contribution is 2.31. The number of hydrogen-bond acceptors (Lipinski definition) is 3. The third kappa shape index (κ3) is 5.30. The summed E-state index contributed by atoms with van der Waals surface area (Å²) < 4.78 is 84.8. The van der Waals surface area contributed by atoms with Gasteiger partial charge < -0.3 is 9.80 Å². The van der Waals surface area contributed by atoms with Crippen LogP contribution >= 0.6 is 0 Å². The molecule has 0 aliphatic carbocycles. The van der Waals surface area contributed by atoms with E-state index in [1.165, 1.54) is 44.1 Å². The quantitative estimate of drug-likeness (QED) is 0.636. The summed E-state index contributed by atoms with van der Waals surface area (Å²) in [7, 11) is -0.904. The minimum absolute atomic E-state index is 0.00696. The van der Waals surface area contributed by atoms with Crippen LogP contribution in [0, 0.1) is 17.5 Å². The maximum absolute atomic E-state index is 15.4. The molecule has 0 aromatic heterocycles. The van der Waals surface area contributed by atoms with Gasteiger partial charge in [0.1, 0.15) is 23.6 Å². The number of nitrogens with zero attached hydrogens (tertiary/aromatic N) is 2. The summed E-state index contributed by atoms with van der Waals surface area (Å²) in [6.45, 7) is 1.01. The first-order valence-electron chi connectivity index (χ1n) is 10.3. The third-order valence-corrected chi connectivity index (χ3v) is 7.02. The van der Waals surface area contributed by atoms with Crippen molar-refractivity contribution >= 4 is 16.1 Å². The number of halogens is 4. The Hall–Kier alpha value is -2.66. The number of nitrogens with one attached hydrogen (secondary N) is 1. The third-order valence-electron chi connectivity index (χ3n) is 5.63. The number of urea groups is 1. The highest BCUT2D eigenvalue weighted by Gasteiger charge is 2.46. The zero-order valence-corrected chi connectivity index (χ0v) is 19.2. The number of benzene rings is 2. The molecule has 0 spiro atoms. The van der Waals surface area contributed by atoms with E-state index < -0.39 is 51.8 Å². The van der Waals surface area contributed by atoms with Crippen LogP contribution in [0.2, 0.25) is 0 Å². The number of sulfonamides is 1. The molecule has 180 valence electrons. The Morgan fingerprint density at radius 3 is 2.48 bits per heavy atom. The van der Waals surface area contributed by atoms with Gasteiger partial charge in [0.25, 0.3) is 0 Å². The van der Waals surface area contributed by atoms with E-state index in [1.54, 1.807) is 0 Å². The van der Waals surface area contributed by atoms with Crippen LogP contribution in [-0.4, -0.2) is 68.9 Å². The Kier molecular flexibility index (Phi) is 7.32. The second-order valence-corrected chi connectivity index (χ2v) is 10.1. The van der Waals surface area contributed by atoms with Crippen LogP contribution in [0.3, 0.4) is 0 Å². The average Bonchev–Trinajstić information content (AvgIpc) is 3.05. The minimum Gasteiger partial charge on any atom is -0.331 e. The lowest BCUT2D eigenvalue weighted by molar-refractivity contribution is 0.161. The SMILES string of the molecule is CCS(=O)(=O)N[C@H]1[C@@H](F)CN(C(=O)N(C)C)[C@H]1Cc1cccc(-c2cc(F)ccc2F)c1F. The molecule has 1 aliphatic heterocycles. The molecular formula is C22H25F4N3O3S. The molecule has 1 fully saturated rings. The largest absolute Gasteiger partial charge is 0.331 e. The Morgan fingerprint density at radius 1 is 1.15 bits per heavy atom. The van der Waals surface area contributed by atoms with Crippen molar-refractivity contribution < 1.29 is 30.8 Å². The molecule has 2 amide bonds. The van der Waals surface area contributed by atoms with E-state index >= 15 is 4.39 Å². The second kappa shape index (κ2) is 9.68. The van der Waals surface area contributed by atoms with Crippen LogP contribution in [0.15, 0.2) is 36.4 Å². The number of carbonyl (C=O) groups excluding carboxylic acids is 1. The molecule has 0 unspecified atom stereocenters. The highest BCUT2D eigenvalue weighted by molar-refractivity contribution is 7.89. The Bertz CT molecular complexity index is 1140. The van der Waals surface area contributed by atoms with Gasteiger partial charge in [0.2, 0.25) is 10.0 Å². The van der Waals surface area contributed by atoms with Gasteiger partial charge >= 0.3 is 6.03 Å². The minimum atomic E-state index is -3.83. The standard InChI is InChI=1S/C22H25F4N3O3S/c1-4-33(31,32)27-21-18(25)12-29(22(30)28(2)3)19(21)10-13-6-5-7-15(20(13)26)16-11-14(23)8-9-17(16)24/h5-9,11,18-19,21,27H,4,10,12H2,1-3H3/t18-,19-,21-/m0/s1. The van der Waals surface area contributed by atoms with Crippen molar-refractivity contribution in [1.82, 2.24) is 14.5 Å². The average molecular weight is 488 g/mol. The fourth-order valence-electron chi connectivity index (χ4n) is 3.90. The van der Waals surface area contributed by atoms with Gasteiger partial charge in [0, 0.05) is 25.2 Å². The lowest BCUT2D eigenvalue weighted by Crippen LogP contribution is -2.51. The van der Waals surface area contributed by atoms with Gasteiger partial charge in [-0.3, -0.25) is 0 Å². The van der Waals surface area contributed by atoms with Gasteiger partial charge in [0.05, 0.1) is 24.4 Å². The zero-order chi connectivity index (χ0) is 24.5. The summed E-state index contributed by atoms with van der Waals surface area (Å²) in [5.74, 6) is -2.73. The van der Waals surface area contributed by atoms with Crippen LogP contribution < -0.4 is 4.72 Å². The first kappa shape index (κ1) is 25.0. The van der Waals surface area contributed by atoms with E-state index in [-0.39, 0.29) is 35.4 Å². The number of amides is 2. The summed E-state index contributed by atoms with van der Waals surface area (Å²) in [4.78, 5) is 15.0. The Balaban J connectivity index is 2.03. The van der Waals surface area contributed by atoms with E-state index in [4.69, 9.17) is 0 Å². The molecule has 2 aromatic carbocycles. The van der Waals surface area contributed by atoms with Crippen LogP contribution in [0.1, 0.15) is 12.5 Å². The summed E-state index contributed by atoms with van der Waals surface area (Å²) >= 11 is 0. The first-order chi connectivity index (χ1) is 15.4. The molecule has 1 heterocycles.